The van der Waals surface area contributed by atoms with Gasteiger partial charge in [-0.2, -0.15) is 15.3 Å². The van der Waals surface area contributed by atoms with Crippen LogP contribution in [0.2, 0.25) is 0 Å². The van der Waals surface area contributed by atoms with Crippen molar-refractivity contribution in [2.45, 2.75) is 71.1 Å². The van der Waals surface area contributed by atoms with Crippen LogP contribution in [0.15, 0.2) is 36.9 Å². The van der Waals surface area contributed by atoms with Crippen molar-refractivity contribution in [3.8, 4) is 0 Å². The highest BCUT2D eigenvalue weighted by molar-refractivity contribution is 6.00. The summed E-state index contributed by atoms with van der Waals surface area (Å²) in [6.07, 6.45) is 7.97. The number of alkyl halides is 2. The zero-order valence-electron chi connectivity index (χ0n) is 20.9. The van der Waals surface area contributed by atoms with Crippen LogP contribution in [0, 0.1) is 17.8 Å². The molecule has 37 heavy (non-hydrogen) atoms. The number of nitrogens with one attached hydrogen (secondary N) is 2. The maximum absolute atomic E-state index is 13.6. The van der Waals surface area contributed by atoms with Gasteiger partial charge in [-0.1, -0.05) is 0 Å². The molecule has 0 saturated heterocycles. The van der Waals surface area contributed by atoms with Gasteiger partial charge in [0, 0.05) is 24.6 Å². The van der Waals surface area contributed by atoms with Crippen LogP contribution in [0.1, 0.15) is 61.8 Å². The monoisotopic (exact) mass is 514 g/mol. The van der Waals surface area contributed by atoms with Crippen LogP contribution >= 0.6 is 0 Å². The molecule has 2 aliphatic carbocycles. The Kier molecular flexibility index (Phi) is 7.07. The SMILES string of the molecule is CC(C)n1nccc1C(=O)N[C@H](C(=O)Nc1cnn(Cc2ccnn2CC(F)F)c1)C(C1CC1)C1CC1. The maximum Gasteiger partial charge on any atom is 0.270 e. The van der Waals surface area contributed by atoms with Crippen LogP contribution < -0.4 is 10.6 Å². The lowest BCUT2D eigenvalue weighted by molar-refractivity contribution is -0.119. The van der Waals surface area contributed by atoms with Crippen molar-refractivity contribution in [3.05, 3.63) is 48.3 Å². The van der Waals surface area contributed by atoms with Crippen molar-refractivity contribution in [2.75, 3.05) is 5.32 Å². The van der Waals surface area contributed by atoms with E-state index in [4.69, 9.17) is 0 Å². The van der Waals surface area contributed by atoms with Crippen molar-refractivity contribution in [1.82, 2.24) is 34.7 Å². The first-order valence-corrected chi connectivity index (χ1v) is 12.8. The predicted molar refractivity (Wildman–Crippen MR) is 131 cm³/mol. The first kappa shape index (κ1) is 25.1. The van der Waals surface area contributed by atoms with E-state index in [-0.39, 0.29) is 30.3 Å². The number of amides is 2. The molecule has 2 saturated carbocycles. The molecule has 2 amide bonds. The van der Waals surface area contributed by atoms with Gasteiger partial charge in [0.25, 0.3) is 12.3 Å². The Morgan fingerprint density at radius 2 is 1.76 bits per heavy atom. The molecule has 0 radical (unpaired) electrons. The highest BCUT2D eigenvalue weighted by atomic mass is 19.3. The fraction of sp³-hybridized carbons (Fsp3) is 0.560. The van der Waals surface area contributed by atoms with Gasteiger partial charge in [0.15, 0.2) is 0 Å². The Morgan fingerprint density at radius 1 is 1.05 bits per heavy atom. The van der Waals surface area contributed by atoms with E-state index in [2.05, 4.69) is 25.9 Å². The summed E-state index contributed by atoms with van der Waals surface area (Å²) >= 11 is 0. The van der Waals surface area contributed by atoms with Gasteiger partial charge in [-0.05, 0) is 69.4 Å². The third-order valence-corrected chi connectivity index (χ3v) is 7.02. The first-order chi connectivity index (χ1) is 17.8. The lowest BCUT2D eigenvalue weighted by atomic mass is 9.88. The summed E-state index contributed by atoms with van der Waals surface area (Å²) in [6, 6.07) is 2.65. The number of aromatic nitrogens is 6. The van der Waals surface area contributed by atoms with Crippen molar-refractivity contribution < 1.29 is 18.4 Å². The Balaban J connectivity index is 1.30. The molecule has 3 aromatic rings. The molecule has 1 atom stereocenters. The number of carbonyl (C=O) groups excluding carboxylic acids is 2. The molecule has 198 valence electrons. The molecule has 0 aliphatic heterocycles. The maximum atomic E-state index is 13.6. The van der Waals surface area contributed by atoms with Crippen molar-refractivity contribution in [1.29, 1.82) is 0 Å². The van der Waals surface area contributed by atoms with Crippen molar-refractivity contribution >= 4 is 17.5 Å². The molecule has 0 unspecified atom stereocenters. The van der Waals surface area contributed by atoms with E-state index >= 15 is 0 Å². The normalized spacial score (nSPS) is 16.5. The topological polar surface area (TPSA) is 112 Å². The molecule has 2 fully saturated rings. The van der Waals surface area contributed by atoms with Crippen LogP contribution in [0.5, 0.6) is 0 Å². The van der Waals surface area contributed by atoms with E-state index in [0.29, 0.717) is 28.9 Å². The molecule has 12 heteroatoms. The molecule has 10 nitrogen and oxygen atoms in total. The molecule has 0 bridgehead atoms. The summed E-state index contributed by atoms with van der Waals surface area (Å²) in [5, 5.41) is 18.4. The lowest BCUT2D eigenvalue weighted by Crippen LogP contribution is -2.50. The van der Waals surface area contributed by atoms with Gasteiger partial charge in [0.05, 0.1) is 24.1 Å². The van der Waals surface area contributed by atoms with Gasteiger partial charge in [-0.25, -0.2) is 8.78 Å². The first-order valence-electron chi connectivity index (χ1n) is 12.8. The van der Waals surface area contributed by atoms with E-state index in [0.717, 1.165) is 25.7 Å². The minimum Gasteiger partial charge on any atom is -0.339 e. The Bertz CT molecular complexity index is 1230. The van der Waals surface area contributed by atoms with Crippen LogP contribution in [-0.4, -0.2) is 53.6 Å². The molecular formula is C25H32F2N8O2. The number of rotatable bonds is 12. The quantitative estimate of drug-likeness (QED) is 0.385. The summed E-state index contributed by atoms with van der Waals surface area (Å²) in [5.41, 5.74) is 1.48. The second kappa shape index (κ2) is 10.4. The molecule has 5 rings (SSSR count). The zero-order valence-corrected chi connectivity index (χ0v) is 20.9. The van der Waals surface area contributed by atoms with Gasteiger partial charge in [-0.3, -0.25) is 23.6 Å². The Labute approximate surface area is 213 Å². The Morgan fingerprint density at radius 3 is 2.41 bits per heavy atom. The van der Waals surface area contributed by atoms with Gasteiger partial charge in [0.2, 0.25) is 5.91 Å². The fourth-order valence-corrected chi connectivity index (χ4v) is 5.04. The third-order valence-electron chi connectivity index (χ3n) is 7.02. The molecule has 0 spiro atoms. The van der Waals surface area contributed by atoms with E-state index in [9.17, 15) is 18.4 Å². The molecular weight excluding hydrogens is 482 g/mol. The molecule has 3 heterocycles. The van der Waals surface area contributed by atoms with Crippen LogP contribution in [0.4, 0.5) is 14.5 Å². The van der Waals surface area contributed by atoms with E-state index < -0.39 is 19.0 Å². The largest absolute Gasteiger partial charge is 0.339 e. The minimum atomic E-state index is -2.51. The smallest absolute Gasteiger partial charge is 0.270 e. The van der Waals surface area contributed by atoms with Gasteiger partial charge < -0.3 is 10.6 Å². The number of hydrogen-bond donors (Lipinski definition) is 2. The number of hydrogen-bond acceptors (Lipinski definition) is 5. The number of nitrogens with zero attached hydrogens (tertiary/aromatic N) is 6. The summed E-state index contributed by atoms with van der Waals surface area (Å²) in [7, 11) is 0. The second-order valence-electron chi connectivity index (χ2n) is 10.3. The van der Waals surface area contributed by atoms with E-state index in [1.54, 1.807) is 33.9 Å². The van der Waals surface area contributed by atoms with Crippen molar-refractivity contribution in [3.63, 3.8) is 0 Å². The average molecular weight is 515 g/mol. The highest BCUT2D eigenvalue weighted by Crippen LogP contribution is 2.50. The van der Waals surface area contributed by atoms with Gasteiger partial charge in [0.1, 0.15) is 18.3 Å². The predicted octanol–water partition coefficient (Wildman–Crippen LogP) is 3.34. The van der Waals surface area contributed by atoms with E-state index in [1.165, 1.54) is 17.1 Å². The number of anilines is 1. The zero-order chi connectivity index (χ0) is 26.1. The highest BCUT2D eigenvalue weighted by Gasteiger charge is 2.48. The number of halogens is 2. The minimum absolute atomic E-state index is 0.00790. The fourth-order valence-electron chi connectivity index (χ4n) is 5.04. The Hall–Kier alpha value is -3.57. The summed E-state index contributed by atoms with van der Waals surface area (Å²) in [5.74, 6) is 0.335. The third kappa shape index (κ3) is 5.89. The van der Waals surface area contributed by atoms with Gasteiger partial charge >= 0.3 is 0 Å². The van der Waals surface area contributed by atoms with Crippen LogP contribution in [-0.2, 0) is 17.9 Å². The molecule has 2 aliphatic rings. The van der Waals surface area contributed by atoms with Crippen LogP contribution in [0.3, 0.4) is 0 Å². The number of carbonyl (C=O) groups is 2. The molecule has 3 aromatic heterocycles. The van der Waals surface area contributed by atoms with Gasteiger partial charge in [-0.15, -0.1) is 0 Å². The molecule has 0 aromatic carbocycles. The average Bonchev–Trinajstić information content (AvgIpc) is 3.72. The lowest BCUT2D eigenvalue weighted by Gasteiger charge is -2.27. The summed E-state index contributed by atoms with van der Waals surface area (Å²) < 4.78 is 30.1. The van der Waals surface area contributed by atoms with Crippen molar-refractivity contribution in [2.24, 2.45) is 17.8 Å². The molecule has 2 N–H and O–H groups in total. The summed E-state index contributed by atoms with van der Waals surface area (Å²) in [4.78, 5) is 26.8. The standard InChI is InChI=1S/C25H32F2N8O2/c1-15(2)35-20(8-10-29-35)24(36)32-23(22(16-3-4-16)17-5-6-17)25(37)31-18-11-30-33(12-18)13-19-7-9-28-34(19)14-21(26)27/h7-12,15-17,21-23H,3-6,13-14H2,1-2H3,(H,31,37)(H,32,36)/t23-/m0/s1. The summed E-state index contributed by atoms with van der Waals surface area (Å²) in [6.45, 7) is 3.63. The second-order valence-corrected chi connectivity index (χ2v) is 10.3. The van der Waals surface area contributed by atoms with Crippen LogP contribution in [0.25, 0.3) is 0 Å². The van der Waals surface area contributed by atoms with E-state index in [1.807, 2.05) is 13.8 Å².